The van der Waals surface area contributed by atoms with Gasteiger partial charge in [0.15, 0.2) is 0 Å². The third kappa shape index (κ3) is 4.38. The summed E-state index contributed by atoms with van der Waals surface area (Å²) in [6, 6.07) is 9.15. The molecule has 1 heterocycles. The minimum atomic E-state index is -0.317. The van der Waals surface area contributed by atoms with Crippen molar-refractivity contribution >= 4 is 12.0 Å². The van der Waals surface area contributed by atoms with E-state index in [1.807, 2.05) is 0 Å². The van der Waals surface area contributed by atoms with Crippen LogP contribution in [-0.4, -0.2) is 22.2 Å². The summed E-state index contributed by atoms with van der Waals surface area (Å²) in [6.45, 7) is 0.642. The van der Waals surface area contributed by atoms with E-state index in [4.69, 9.17) is 0 Å². The van der Waals surface area contributed by atoms with Gasteiger partial charge in [0.1, 0.15) is 5.82 Å². The number of carbonyl (C=O) groups is 1. The number of nitrogens with zero attached hydrogens (tertiary/aromatic N) is 2. The number of rotatable bonds is 6. The van der Waals surface area contributed by atoms with Gasteiger partial charge in [0.2, 0.25) is 5.91 Å². The molecule has 124 valence electrons. The van der Waals surface area contributed by atoms with Crippen LogP contribution in [0, 0.1) is 5.82 Å². The van der Waals surface area contributed by atoms with Crippen molar-refractivity contribution in [2.45, 2.75) is 25.3 Å². The molecule has 1 aliphatic carbocycles. The van der Waals surface area contributed by atoms with Gasteiger partial charge in [0.25, 0.3) is 5.56 Å². The van der Waals surface area contributed by atoms with E-state index in [9.17, 15) is 14.0 Å². The Labute approximate surface area is 138 Å². The van der Waals surface area contributed by atoms with Gasteiger partial charge in [-0.25, -0.2) is 9.07 Å². The number of halogens is 1. The lowest BCUT2D eigenvalue weighted by Gasteiger charge is -2.07. The zero-order valence-corrected chi connectivity index (χ0v) is 13.1. The lowest BCUT2D eigenvalue weighted by molar-refractivity contribution is -0.116. The first-order valence-corrected chi connectivity index (χ1v) is 7.91. The summed E-state index contributed by atoms with van der Waals surface area (Å²) in [6.07, 6.45) is 5.23. The number of amides is 1. The molecule has 24 heavy (non-hydrogen) atoms. The van der Waals surface area contributed by atoms with Gasteiger partial charge < -0.3 is 5.32 Å². The summed E-state index contributed by atoms with van der Waals surface area (Å²) in [5, 5.41) is 7.04. The number of carbonyl (C=O) groups excluding carboxylic acids is 1. The predicted molar refractivity (Wildman–Crippen MR) is 88.9 cm³/mol. The SMILES string of the molecule is O=C(/C=C/c1ccc(F)cc1)NCCn1nc(C2CC2)ccc1=O. The molecule has 1 amide bonds. The maximum absolute atomic E-state index is 12.8. The molecule has 0 atom stereocenters. The molecule has 1 N–H and O–H groups in total. The Balaban J connectivity index is 1.50. The van der Waals surface area contributed by atoms with E-state index >= 15 is 0 Å². The molecule has 0 spiro atoms. The summed E-state index contributed by atoms with van der Waals surface area (Å²) in [7, 11) is 0. The third-order valence-electron chi connectivity index (χ3n) is 3.80. The molecule has 1 aromatic carbocycles. The number of aromatic nitrogens is 2. The second kappa shape index (κ2) is 7.21. The van der Waals surface area contributed by atoms with Gasteiger partial charge in [0, 0.05) is 24.6 Å². The van der Waals surface area contributed by atoms with Crippen LogP contribution in [0.5, 0.6) is 0 Å². The lowest BCUT2D eigenvalue weighted by atomic mass is 10.2. The Hall–Kier alpha value is -2.76. The second-order valence-electron chi connectivity index (χ2n) is 5.77. The van der Waals surface area contributed by atoms with Gasteiger partial charge in [-0.05, 0) is 42.7 Å². The fourth-order valence-electron chi connectivity index (χ4n) is 2.31. The Morgan fingerprint density at radius 2 is 2.00 bits per heavy atom. The van der Waals surface area contributed by atoms with E-state index in [0.717, 1.165) is 24.1 Å². The smallest absolute Gasteiger partial charge is 0.266 e. The van der Waals surface area contributed by atoms with E-state index < -0.39 is 0 Å². The van der Waals surface area contributed by atoms with Crippen molar-refractivity contribution in [3.05, 3.63) is 69.9 Å². The normalized spacial score (nSPS) is 14.0. The molecule has 0 aliphatic heterocycles. The molecular formula is C18H18FN3O2. The fourth-order valence-corrected chi connectivity index (χ4v) is 2.31. The summed E-state index contributed by atoms with van der Waals surface area (Å²) < 4.78 is 14.2. The molecule has 3 rings (SSSR count). The second-order valence-corrected chi connectivity index (χ2v) is 5.77. The standard InChI is InChI=1S/C18H18FN3O2/c19-15-6-1-13(2-7-15)3-9-17(23)20-11-12-22-18(24)10-8-16(21-22)14-4-5-14/h1-3,6-10,14H,4-5,11-12H2,(H,20,23)/b9-3+. The molecule has 1 aromatic heterocycles. The monoisotopic (exact) mass is 327 g/mol. The molecule has 2 aromatic rings. The van der Waals surface area contributed by atoms with Gasteiger partial charge >= 0.3 is 0 Å². The highest BCUT2D eigenvalue weighted by Gasteiger charge is 2.25. The van der Waals surface area contributed by atoms with Crippen LogP contribution in [-0.2, 0) is 11.3 Å². The van der Waals surface area contributed by atoms with E-state index in [-0.39, 0.29) is 17.3 Å². The van der Waals surface area contributed by atoms with E-state index in [1.54, 1.807) is 24.3 Å². The summed E-state index contributed by atoms with van der Waals surface area (Å²) >= 11 is 0. The topological polar surface area (TPSA) is 64.0 Å². The molecule has 0 radical (unpaired) electrons. The van der Waals surface area contributed by atoms with Crippen molar-refractivity contribution in [3.8, 4) is 0 Å². The highest BCUT2D eigenvalue weighted by molar-refractivity contribution is 5.91. The van der Waals surface area contributed by atoms with Crippen LogP contribution >= 0.6 is 0 Å². The lowest BCUT2D eigenvalue weighted by Crippen LogP contribution is -2.31. The first-order chi connectivity index (χ1) is 11.6. The highest BCUT2D eigenvalue weighted by Crippen LogP contribution is 2.38. The number of hydrogen-bond donors (Lipinski definition) is 1. The zero-order valence-electron chi connectivity index (χ0n) is 13.1. The van der Waals surface area contributed by atoms with Crippen molar-refractivity contribution in [3.63, 3.8) is 0 Å². The molecule has 5 nitrogen and oxygen atoms in total. The minimum absolute atomic E-state index is 0.171. The first kappa shape index (κ1) is 16.1. The average molecular weight is 327 g/mol. The van der Waals surface area contributed by atoms with Crippen LogP contribution in [0.25, 0.3) is 6.08 Å². The van der Waals surface area contributed by atoms with Crippen molar-refractivity contribution in [1.29, 1.82) is 0 Å². The molecule has 0 saturated heterocycles. The quantitative estimate of drug-likeness (QED) is 0.826. The van der Waals surface area contributed by atoms with Gasteiger partial charge in [-0.2, -0.15) is 5.10 Å². The van der Waals surface area contributed by atoms with E-state index in [0.29, 0.717) is 19.0 Å². The maximum atomic E-state index is 12.8. The van der Waals surface area contributed by atoms with Crippen LogP contribution < -0.4 is 10.9 Å². The highest BCUT2D eigenvalue weighted by atomic mass is 19.1. The van der Waals surface area contributed by atoms with Gasteiger partial charge in [-0.15, -0.1) is 0 Å². The molecule has 6 heteroatoms. The van der Waals surface area contributed by atoms with Crippen LogP contribution in [0.1, 0.15) is 30.0 Å². The Morgan fingerprint density at radius 3 is 2.71 bits per heavy atom. The third-order valence-corrected chi connectivity index (χ3v) is 3.80. The molecule has 1 saturated carbocycles. The Morgan fingerprint density at radius 1 is 1.25 bits per heavy atom. The van der Waals surface area contributed by atoms with Crippen LogP contribution in [0.3, 0.4) is 0 Å². The first-order valence-electron chi connectivity index (χ1n) is 7.91. The van der Waals surface area contributed by atoms with E-state index in [1.165, 1.54) is 29.0 Å². The Bertz CT molecular complexity index is 808. The van der Waals surface area contributed by atoms with Crippen LogP contribution in [0.15, 0.2) is 47.3 Å². The number of benzene rings is 1. The summed E-state index contributed by atoms with van der Waals surface area (Å²) in [5.74, 6) is -0.112. The summed E-state index contributed by atoms with van der Waals surface area (Å²) in [5.41, 5.74) is 1.51. The Kier molecular flexibility index (Phi) is 4.84. The fraction of sp³-hybridized carbons (Fsp3) is 0.278. The maximum Gasteiger partial charge on any atom is 0.266 e. The number of hydrogen-bond acceptors (Lipinski definition) is 3. The molecule has 0 unspecified atom stereocenters. The zero-order chi connectivity index (χ0) is 16.9. The molecular weight excluding hydrogens is 309 g/mol. The van der Waals surface area contributed by atoms with Crippen molar-refractivity contribution in [2.75, 3.05) is 6.54 Å². The molecule has 1 aliphatic rings. The van der Waals surface area contributed by atoms with Gasteiger partial charge in [-0.3, -0.25) is 9.59 Å². The van der Waals surface area contributed by atoms with Crippen molar-refractivity contribution in [1.82, 2.24) is 15.1 Å². The van der Waals surface area contributed by atoms with Crippen LogP contribution in [0.4, 0.5) is 4.39 Å². The largest absolute Gasteiger partial charge is 0.351 e. The van der Waals surface area contributed by atoms with Gasteiger partial charge in [-0.1, -0.05) is 12.1 Å². The van der Waals surface area contributed by atoms with Crippen molar-refractivity contribution in [2.24, 2.45) is 0 Å². The number of nitrogens with one attached hydrogen (secondary N) is 1. The van der Waals surface area contributed by atoms with Gasteiger partial charge in [0.05, 0.1) is 12.2 Å². The molecule has 0 bridgehead atoms. The minimum Gasteiger partial charge on any atom is -0.351 e. The molecule has 1 fully saturated rings. The summed E-state index contributed by atoms with van der Waals surface area (Å²) in [4.78, 5) is 23.5. The van der Waals surface area contributed by atoms with E-state index in [2.05, 4.69) is 10.4 Å². The average Bonchev–Trinajstić information content (AvgIpc) is 3.41. The van der Waals surface area contributed by atoms with Crippen molar-refractivity contribution < 1.29 is 9.18 Å². The predicted octanol–water partition coefficient (Wildman–Crippen LogP) is 2.09. The van der Waals surface area contributed by atoms with Crippen LogP contribution in [0.2, 0.25) is 0 Å².